The number of nitrogens with one attached hydrogen (secondary N) is 1. The number of hydrogen-bond acceptors (Lipinski definition) is 1. The van der Waals surface area contributed by atoms with Crippen LogP contribution in [-0.4, -0.2) is 11.1 Å². The van der Waals surface area contributed by atoms with Gasteiger partial charge in [-0.1, -0.05) is 61.8 Å². The standard InChI is InChI=1S/C22H27ClN2/c1-16(2)12-13-24-14-20-17(3)25(22-11-7-5-9-19(20)22)15-18-8-4-6-10-21(18)23/h4-11,16,24H,12-15H2,1-3H3. The highest BCUT2D eigenvalue weighted by Crippen LogP contribution is 2.28. The number of fused-ring (bicyclic) bond motifs is 1. The minimum atomic E-state index is 0.732. The zero-order chi connectivity index (χ0) is 17.8. The molecule has 25 heavy (non-hydrogen) atoms. The van der Waals surface area contributed by atoms with Crippen LogP contribution in [0.3, 0.4) is 0 Å². The van der Waals surface area contributed by atoms with Crippen LogP contribution in [0.4, 0.5) is 0 Å². The Morgan fingerprint density at radius 1 is 1.04 bits per heavy atom. The van der Waals surface area contributed by atoms with E-state index in [1.54, 1.807) is 0 Å². The first-order chi connectivity index (χ1) is 12.1. The molecule has 1 N–H and O–H groups in total. The Morgan fingerprint density at radius 3 is 2.52 bits per heavy atom. The van der Waals surface area contributed by atoms with Crippen molar-refractivity contribution < 1.29 is 0 Å². The minimum absolute atomic E-state index is 0.732. The summed E-state index contributed by atoms with van der Waals surface area (Å²) in [6.07, 6.45) is 1.21. The van der Waals surface area contributed by atoms with Crippen molar-refractivity contribution in [3.8, 4) is 0 Å². The molecule has 0 bridgehead atoms. The fraction of sp³-hybridized carbons (Fsp3) is 0.364. The van der Waals surface area contributed by atoms with E-state index in [0.29, 0.717) is 0 Å². The Morgan fingerprint density at radius 2 is 1.76 bits per heavy atom. The lowest BCUT2D eigenvalue weighted by Gasteiger charge is -2.11. The average molecular weight is 355 g/mol. The molecule has 132 valence electrons. The maximum atomic E-state index is 6.39. The van der Waals surface area contributed by atoms with Gasteiger partial charge < -0.3 is 9.88 Å². The summed E-state index contributed by atoms with van der Waals surface area (Å²) in [5, 5.41) is 5.78. The van der Waals surface area contributed by atoms with Gasteiger partial charge in [0.2, 0.25) is 0 Å². The lowest BCUT2D eigenvalue weighted by Crippen LogP contribution is -2.17. The molecule has 1 aromatic heterocycles. The van der Waals surface area contributed by atoms with Gasteiger partial charge in [-0.2, -0.15) is 0 Å². The van der Waals surface area contributed by atoms with Gasteiger partial charge in [-0.25, -0.2) is 0 Å². The highest BCUT2D eigenvalue weighted by atomic mass is 35.5. The summed E-state index contributed by atoms with van der Waals surface area (Å²) >= 11 is 6.39. The van der Waals surface area contributed by atoms with Gasteiger partial charge in [0.15, 0.2) is 0 Å². The second kappa shape index (κ2) is 8.07. The molecular formula is C22H27ClN2. The van der Waals surface area contributed by atoms with Crippen molar-refractivity contribution in [2.24, 2.45) is 5.92 Å². The molecule has 0 atom stereocenters. The van der Waals surface area contributed by atoms with E-state index < -0.39 is 0 Å². The summed E-state index contributed by atoms with van der Waals surface area (Å²) in [7, 11) is 0. The van der Waals surface area contributed by atoms with E-state index in [-0.39, 0.29) is 0 Å². The van der Waals surface area contributed by atoms with Crippen molar-refractivity contribution in [2.75, 3.05) is 6.54 Å². The molecule has 2 aromatic carbocycles. The Bertz CT molecular complexity index is 848. The topological polar surface area (TPSA) is 17.0 Å². The summed E-state index contributed by atoms with van der Waals surface area (Å²) in [4.78, 5) is 0. The molecule has 0 aliphatic rings. The average Bonchev–Trinajstić information content (AvgIpc) is 2.86. The Balaban J connectivity index is 1.91. The predicted molar refractivity (Wildman–Crippen MR) is 108 cm³/mol. The van der Waals surface area contributed by atoms with E-state index in [0.717, 1.165) is 36.1 Å². The molecule has 3 aromatic rings. The van der Waals surface area contributed by atoms with E-state index >= 15 is 0 Å². The van der Waals surface area contributed by atoms with E-state index in [4.69, 9.17) is 11.6 Å². The summed E-state index contributed by atoms with van der Waals surface area (Å²) in [6, 6.07) is 16.8. The Kier molecular flexibility index (Phi) is 5.82. The SMILES string of the molecule is Cc1c(CNCCC(C)C)c2ccccc2n1Cc1ccccc1Cl. The fourth-order valence-corrected chi connectivity index (χ4v) is 3.53. The fourth-order valence-electron chi connectivity index (χ4n) is 3.33. The second-order valence-electron chi connectivity index (χ2n) is 7.12. The molecule has 0 aliphatic heterocycles. The third-order valence-electron chi connectivity index (χ3n) is 4.85. The summed E-state index contributed by atoms with van der Waals surface area (Å²) in [5.74, 6) is 0.732. The number of hydrogen-bond donors (Lipinski definition) is 1. The van der Waals surface area contributed by atoms with Gasteiger partial charge in [0.25, 0.3) is 0 Å². The summed E-state index contributed by atoms with van der Waals surface area (Å²) in [6.45, 7) is 9.52. The first-order valence-electron chi connectivity index (χ1n) is 9.08. The number of nitrogens with zero attached hydrogens (tertiary/aromatic N) is 1. The second-order valence-corrected chi connectivity index (χ2v) is 7.53. The van der Waals surface area contributed by atoms with Crippen molar-refractivity contribution in [2.45, 2.75) is 40.3 Å². The largest absolute Gasteiger partial charge is 0.340 e. The van der Waals surface area contributed by atoms with Gasteiger partial charge in [0.1, 0.15) is 0 Å². The van der Waals surface area contributed by atoms with Crippen LogP contribution < -0.4 is 5.32 Å². The number of halogens is 1. The van der Waals surface area contributed by atoms with Crippen molar-refractivity contribution >= 4 is 22.5 Å². The van der Waals surface area contributed by atoms with Gasteiger partial charge in [-0.3, -0.25) is 0 Å². The van der Waals surface area contributed by atoms with Crippen LogP contribution in [0.2, 0.25) is 5.02 Å². The molecule has 0 saturated carbocycles. The Labute approximate surface area is 155 Å². The van der Waals surface area contributed by atoms with Crippen LogP contribution in [0.5, 0.6) is 0 Å². The number of benzene rings is 2. The lowest BCUT2D eigenvalue weighted by atomic mass is 10.1. The monoisotopic (exact) mass is 354 g/mol. The van der Waals surface area contributed by atoms with E-state index in [1.807, 2.05) is 12.1 Å². The Hall–Kier alpha value is -1.77. The summed E-state index contributed by atoms with van der Waals surface area (Å²) in [5.41, 5.74) is 5.15. The molecule has 0 aliphatic carbocycles. The minimum Gasteiger partial charge on any atom is -0.340 e. The maximum Gasteiger partial charge on any atom is 0.0493 e. The van der Waals surface area contributed by atoms with Crippen LogP contribution in [0.15, 0.2) is 48.5 Å². The van der Waals surface area contributed by atoms with Crippen LogP contribution >= 0.6 is 11.6 Å². The van der Waals surface area contributed by atoms with Crippen LogP contribution in [0, 0.1) is 12.8 Å². The zero-order valence-electron chi connectivity index (χ0n) is 15.3. The molecule has 0 amide bonds. The van der Waals surface area contributed by atoms with Crippen LogP contribution in [-0.2, 0) is 13.1 Å². The molecule has 0 radical (unpaired) electrons. The third-order valence-corrected chi connectivity index (χ3v) is 5.22. The number of para-hydroxylation sites is 1. The molecule has 0 saturated heterocycles. The quantitative estimate of drug-likeness (QED) is 0.531. The molecule has 0 spiro atoms. The van der Waals surface area contributed by atoms with Gasteiger partial charge in [-0.05, 0) is 49.1 Å². The molecule has 3 rings (SSSR count). The van der Waals surface area contributed by atoms with E-state index in [2.05, 4.69) is 67.1 Å². The zero-order valence-corrected chi connectivity index (χ0v) is 16.1. The van der Waals surface area contributed by atoms with E-state index in [9.17, 15) is 0 Å². The first-order valence-corrected chi connectivity index (χ1v) is 9.46. The number of rotatable bonds is 7. The van der Waals surface area contributed by atoms with Gasteiger partial charge in [0, 0.05) is 34.7 Å². The molecule has 2 nitrogen and oxygen atoms in total. The molecular weight excluding hydrogens is 328 g/mol. The lowest BCUT2D eigenvalue weighted by molar-refractivity contribution is 0.537. The van der Waals surface area contributed by atoms with Crippen molar-refractivity contribution in [1.82, 2.24) is 9.88 Å². The van der Waals surface area contributed by atoms with Crippen LogP contribution in [0.1, 0.15) is 37.1 Å². The highest BCUT2D eigenvalue weighted by molar-refractivity contribution is 6.31. The molecule has 0 fully saturated rings. The predicted octanol–water partition coefficient (Wildman–Crippen LogP) is 5.79. The molecule has 1 heterocycles. The third kappa shape index (κ3) is 4.08. The first kappa shape index (κ1) is 18.0. The number of aromatic nitrogens is 1. The summed E-state index contributed by atoms with van der Waals surface area (Å²) < 4.78 is 2.38. The molecule has 0 unspecified atom stereocenters. The van der Waals surface area contributed by atoms with Gasteiger partial charge >= 0.3 is 0 Å². The van der Waals surface area contributed by atoms with E-state index in [1.165, 1.54) is 28.6 Å². The van der Waals surface area contributed by atoms with Crippen molar-refractivity contribution in [3.05, 3.63) is 70.4 Å². The normalized spacial score (nSPS) is 11.6. The van der Waals surface area contributed by atoms with Gasteiger partial charge in [-0.15, -0.1) is 0 Å². The van der Waals surface area contributed by atoms with Crippen molar-refractivity contribution in [3.63, 3.8) is 0 Å². The smallest absolute Gasteiger partial charge is 0.0493 e. The highest BCUT2D eigenvalue weighted by Gasteiger charge is 2.14. The maximum absolute atomic E-state index is 6.39. The molecule has 3 heteroatoms. The van der Waals surface area contributed by atoms with Crippen LogP contribution in [0.25, 0.3) is 10.9 Å². The van der Waals surface area contributed by atoms with Crippen molar-refractivity contribution in [1.29, 1.82) is 0 Å². The van der Waals surface area contributed by atoms with Gasteiger partial charge in [0.05, 0.1) is 0 Å².